The van der Waals surface area contributed by atoms with E-state index in [1.165, 1.54) is 4.90 Å². The molecule has 1 aliphatic heterocycles. The van der Waals surface area contributed by atoms with Crippen LogP contribution in [-0.4, -0.2) is 29.2 Å². The van der Waals surface area contributed by atoms with Gasteiger partial charge in [-0.2, -0.15) is 0 Å². The third-order valence-electron chi connectivity index (χ3n) is 6.11. The fraction of sp³-hybridized carbons (Fsp3) is 0.421. The van der Waals surface area contributed by atoms with E-state index >= 15 is 0 Å². The van der Waals surface area contributed by atoms with Crippen molar-refractivity contribution in [1.82, 2.24) is 4.90 Å². The minimum Gasteiger partial charge on any atom is -0.325 e. The predicted molar refractivity (Wildman–Crippen MR) is 86.5 cm³/mol. The number of allylic oxidation sites excluding steroid dienone is 2. The summed E-state index contributed by atoms with van der Waals surface area (Å²) < 4.78 is 0. The number of imide groups is 1. The molecule has 5 aliphatic rings. The van der Waals surface area contributed by atoms with Crippen LogP contribution < -0.4 is 5.32 Å². The molecular weight excluding hydrogens is 304 g/mol. The highest BCUT2D eigenvalue weighted by Crippen LogP contribution is 2.65. The summed E-state index contributed by atoms with van der Waals surface area (Å²) in [5.74, 6) is 0.448. The molecule has 24 heavy (non-hydrogen) atoms. The Bertz CT molecular complexity index is 736. The zero-order chi connectivity index (χ0) is 16.4. The molecule has 4 aliphatic carbocycles. The highest BCUT2D eigenvalue weighted by Gasteiger charge is 2.67. The number of benzene rings is 1. The Hall–Kier alpha value is -2.43. The molecule has 6 unspecified atom stereocenters. The maximum Gasteiger partial charge on any atom is 0.244 e. The molecule has 2 saturated carbocycles. The van der Waals surface area contributed by atoms with Gasteiger partial charge in [-0.05, 0) is 42.2 Å². The Morgan fingerprint density at radius 2 is 1.58 bits per heavy atom. The van der Waals surface area contributed by atoms with E-state index in [9.17, 15) is 14.4 Å². The van der Waals surface area contributed by atoms with E-state index in [2.05, 4.69) is 17.5 Å². The van der Waals surface area contributed by atoms with Crippen molar-refractivity contribution < 1.29 is 14.4 Å². The lowest BCUT2D eigenvalue weighted by Crippen LogP contribution is -2.40. The number of carbonyl (C=O) groups excluding carboxylic acids is 3. The van der Waals surface area contributed by atoms with Crippen LogP contribution in [0.15, 0.2) is 42.5 Å². The van der Waals surface area contributed by atoms with Gasteiger partial charge in [0.2, 0.25) is 17.7 Å². The average molecular weight is 322 g/mol. The number of anilines is 1. The van der Waals surface area contributed by atoms with Crippen LogP contribution in [0.1, 0.15) is 6.42 Å². The second-order valence-corrected chi connectivity index (χ2v) is 7.33. The first-order chi connectivity index (χ1) is 11.6. The van der Waals surface area contributed by atoms with Gasteiger partial charge in [0, 0.05) is 5.69 Å². The van der Waals surface area contributed by atoms with Crippen LogP contribution in [0.2, 0.25) is 0 Å². The third-order valence-corrected chi connectivity index (χ3v) is 6.11. The molecule has 122 valence electrons. The fourth-order valence-corrected chi connectivity index (χ4v) is 5.04. The molecule has 0 radical (unpaired) electrons. The monoisotopic (exact) mass is 322 g/mol. The summed E-state index contributed by atoms with van der Waals surface area (Å²) in [7, 11) is 0. The summed E-state index contributed by atoms with van der Waals surface area (Å²) in [6, 6.07) is 9.08. The molecule has 0 spiro atoms. The van der Waals surface area contributed by atoms with Crippen LogP contribution >= 0.6 is 0 Å². The number of likely N-dealkylation sites (tertiary alicyclic amines) is 1. The van der Waals surface area contributed by atoms with Crippen molar-refractivity contribution in [2.45, 2.75) is 6.42 Å². The Morgan fingerprint density at radius 1 is 1.00 bits per heavy atom. The zero-order valence-electron chi connectivity index (χ0n) is 13.1. The van der Waals surface area contributed by atoms with Crippen molar-refractivity contribution in [1.29, 1.82) is 0 Å². The molecule has 1 aromatic carbocycles. The van der Waals surface area contributed by atoms with Gasteiger partial charge >= 0.3 is 0 Å². The molecule has 1 saturated heterocycles. The molecule has 6 rings (SSSR count). The van der Waals surface area contributed by atoms with E-state index in [-0.39, 0.29) is 47.9 Å². The Kier molecular flexibility index (Phi) is 2.78. The normalized spacial score (nSPS) is 38.1. The lowest BCUT2D eigenvalue weighted by molar-refractivity contribution is -0.142. The van der Waals surface area contributed by atoms with E-state index in [0.717, 1.165) is 6.42 Å². The summed E-state index contributed by atoms with van der Waals surface area (Å²) in [5.41, 5.74) is 0.669. The molecule has 5 nitrogen and oxygen atoms in total. The number of carbonyl (C=O) groups is 3. The van der Waals surface area contributed by atoms with Crippen molar-refractivity contribution in [3.05, 3.63) is 42.5 Å². The lowest BCUT2D eigenvalue weighted by Gasteiger charge is -2.37. The molecule has 6 atom stereocenters. The number of hydrogen-bond acceptors (Lipinski definition) is 3. The Balaban J connectivity index is 1.34. The number of para-hydroxylation sites is 1. The number of nitrogens with zero attached hydrogens (tertiary/aromatic N) is 1. The summed E-state index contributed by atoms with van der Waals surface area (Å²) in [6.45, 7) is -0.186. The van der Waals surface area contributed by atoms with Gasteiger partial charge in [-0.1, -0.05) is 30.4 Å². The Labute approximate surface area is 139 Å². The lowest BCUT2D eigenvalue weighted by atomic mass is 9.63. The summed E-state index contributed by atoms with van der Waals surface area (Å²) in [6.07, 6.45) is 5.42. The Morgan fingerprint density at radius 3 is 2.17 bits per heavy atom. The third kappa shape index (κ3) is 1.84. The van der Waals surface area contributed by atoms with Crippen LogP contribution in [-0.2, 0) is 14.4 Å². The van der Waals surface area contributed by atoms with Crippen LogP contribution in [0.4, 0.5) is 5.69 Å². The largest absolute Gasteiger partial charge is 0.325 e. The smallest absolute Gasteiger partial charge is 0.244 e. The van der Waals surface area contributed by atoms with Crippen LogP contribution in [0, 0.1) is 35.5 Å². The van der Waals surface area contributed by atoms with Crippen molar-refractivity contribution >= 4 is 23.4 Å². The SMILES string of the molecule is O=C(CN1C(=O)C2C3C=CC(C4CC34)C2C1=O)Nc1ccccc1. The molecule has 3 amide bonds. The van der Waals surface area contributed by atoms with E-state index in [4.69, 9.17) is 0 Å². The minimum absolute atomic E-state index is 0.155. The highest BCUT2D eigenvalue weighted by atomic mass is 16.2. The van der Waals surface area contributed by atoms with Crippen molar-refractivity contribution in [2.24, 2.45) is 35.5 Å². The first-order valence-electron chi connectivity index (χ1n) is 8.53. The fourth-order valence-electron chi connectivity index (χ4n) is 5.04. The average Bonchev–Trinajstić information content (AvgIpc) is 3.37. The molecular formula is C19H18N2O3. The first-order valence-corrected chi connectivity index (χ1v) is 8.53. The van der Waals surface area contributed by atoms with E-state index in [1.807, 2.05) is 18.2 Å². The topological polar surface area (TPSA) is 66.5 Å². The molecule has 0 aromatic heterocycles. The molecule has 3 fully saturated rings. The second kappa shape index (κ2) is 4.79. The van der Waals surface area contributed by atoms with Crippen LogP contribution in [0.3, 0.4) is 0 Å². The number of rotatable bonds is 3. The number of nitrogens with one attached hydrogen (secondary N) is 1. The number of hydrogen-bond donors (Lipinski definition) is 1. The summed E-state index contributed by atoms with van der Waals surface area (Å²) in [5, 5.41) is 2.75. The molecule has 1 N–H and O–H groups in total. The van der Waals surface area contributed by atoms with Gasteiger partial charge < -0.3 is 5.32 Å². The van der Waals surface area contributed by atoms with Gasteiger partial charge in [0.25, 0.3) is 0 Å². The van der Waals surface area contributed by atoms with Crippen molar-refractivity contribution in [2.75, 3.05) is 11.9 Å². The van der Waals surface area contributed by atoms with E-state index in [1.54, 1.807) is 12.1 Å². The summed E-state index contributed by atoms with van der Waals surface area (Å²) >= 11 is 0. The quantitative estimate of drug-likeness (QED) is 0.680. The maximum atomic E-state index is 12.8. The highest BCUT2D eigenvalue weighted by molar-refractivity contribution is 6.09. The standard InChI is InChI=1S/C19H18N2O3/c22-15(20-10-4-2-1-3-5-10)9-21-18(23)16-11-6-7-12(14-8-13(11)14)17(16)19(21)24/h1-7,11-14,16-17H,8-9H2,(H,20,22). The van der Waals surface area contributed by atoms with Gasteiger partial charge in [-0.3, -0.25) is 19.3 Å². The van der Waals surface area contributed by atoms with Crippen LogP contribution in [0.5, 0.6) is 0 Å². The summed E-state index contributed by atoms with van der Waals surface area (Å²) in [4.78, 5) is 39.0. The van der Waals surface area contributed by atoms with Gasteiger partial charge in [0.05, 0.1) is 11.8 Å². The van der Waals surface area contributed by atoms with Gasteiger partial charge in [0.15, 0.2) is 0 Å². The number of amides is 3. The predicted octanol–water partition coefficient (Wildman–Crippen LogP) is 1.68. The van der Waals surface area contributed by atoms with Gasteiger partial charge in [-0.25, -0.2) is 0 Å². The van der Waals surface area contributed by atoms with Gasteiger partial charge in [0.1, 0.15) is 6.54 Å². The van der Waals surface area contributed by atoms with Crippen molar-refractivity contribution in [3.8, 4) is 0 Å². The molecule has 2 bridgehead atoms. The van der Waals surface area contributed by atoms with Crippen molar-refractivity contribution in [3.63, 3.8) is 0 Å². The second-order valence-electron chi connectivity index (χ2n) is 7.33. The first kappa shape index (κ1) is 14.0. The molecule has 1 heterocycles. The maximum absolute atomic E-state index is 12.8. The molecule has 1 aromatic rings. The minimum atomic E-state index is -0.327. The molecule has 5 heteroatoms. The van der Waals surface area contributed by atoms with Gasteiger partial charge in [-0.15, -0.1) is 0 Å². The zero-order valence-corrected chi connectivity index (χ0v) is 13.1. The van der Waals surface area contributed by atoms with Crippen LogP contribution in [0.25, 0.3) is 0 Å². The van der Waals surface area contributed by atoms with E-state index in [0.29, 0.717) is 17.5 Å². The van der Waals surface area contributed by atoms with E-state index < -0.39 is 0 Å².